The highest BCUT2D eigenvalue weighted by atomic mass is 127. The van der Waals surface area contributed by atoms with Crippen LogP contribution in [0.5, 0.6) is 0 Å². The molecule has 18 heavy (non-hydrogen) atoms. The van der Waals surface area contributed by atoms with Crippen LogP contribution in [0.4, 0.5) is 0 Å². The summed E-state index contributed by atoms with van der Waals surface area (Å²) < 4.78 is 2.78. The van der Waals surface area contributed by atoms with Crippen molar-refractivity contribution in [2.45, 2.75) is 39.5 Å². The summed E-state index contributed by atoms with van der Waals surface area (Å²) in [6.45, 7) is 4.48. The SMILES string of the molecule is CCCCc1cc(I)c2cc(CC)cc(I)c2c1. The first-order chi connectivity index (χ1) is 8.65. The lowest BCUT2D eigenvalue weighted by atomic mass is 10.0. The van der Waals surface area contributed by atoms with Crippen molar-refractivity contribution in [3.05, 3.63) is 42.5 Å². The summed E-state index contributed by atoms with van der Waals surface area (Å²) in [6, 6.07) is 9.41. The quantitative estimate of drug-likeness (QED) is 0.491. The number of rotatable bonds is 4. The fraction of sp³-hybridized carbons (Fsp3) is 0.375. The van der Waals surface area contributed by atoms with Crippen LogP contribution < -0.4 is 0 Å². The molecule has 0 saturated carbocycles. The smallest absolute Gasteiger partial charge is 0.0212 e. The third kappa shape index (κ3) is 3.18. The average molecular weight is 464 g/mol. The molecule has 0 N–H and O–H groups in total. The third-order valence-electron chi connectivity index (χ3n) is 3.32. The number of halogens is 2. The third-order valence-corrected chi connectivity index (χ3v) is 5.10. The molecule has 0 radical (unpaired) electrons. The molecule has 2 rings (SSSR count). The van der Waals surface area contributed by atoms with Crippen LogP contribution in [-0.2, 0) is 12.8 Å². The van der Waals surface area contributed by atoms with Gasteiger partial charge in [0, 0.05) is 7.14 Å². The van der Waals surface area contributed by atoms with Gasteiger partial charge in [-0.25, -0.2) is 0 Å². The molecule has 2 aromatic rings. The van der Waals surface area contributed by atoms with Gasteiger partial charge >= 0.3 is 0 Å². The van der Waals surface area contributed by atoms with Crippen molar-refractivity contribution in [2.24, 2.45) is 0 Å². The lowest BCUT2D eigenvalue weighted by Gasteiger charge is -2.10. The molecule has 0 unspecified atom stereocenters. The Morgan fingerprint density at radius 2 is 1.39 bits per heavy atom. The van der Waals surface area contributed by atoms with Gasteiger partial charge in [0.15, 0.2) is 0 Å². The molecule has 0 aromatic heterocycles. The van der Waals surface area contributed by atoms with Gasteiger partial charge < -0.3 is 0 Å². The van der Waals surface area contributed by atoms with Gasteiger partial charge in [-0.3, -0.25) is 0 Å². The maximum absolute atomic E-state index is 2.48. The van der Waals surface area contributed by atoms with E-state index in [-0.39, 0.29) is 0 Å². The van der Waals surface area contributed by atoms with E-state index in [1.54, 1.807) is 0 Å². The first kappa shape index (κ1) is 14.6. The Morgan fingerprint density at radius 3 is 1.94 bits per heavy atom. The molecule has 0 amide bonds. The zero-order chi connectivity index (χ0) is 13.1. The standard InChI is InChI=1S/C16H18I2/c1-3-5-6-12-8-14-13(16(18)10-12)7-11(4-2)9-15(14)17/h7-10H,3-6H2,1-2H3. The van der Waals surface area contributed by atoms with Crippen molar-refractivity contribution in [3.63, 3.8) is 0 Å². The number of aryl methyl sites for hydroxylation is 2. The fourth-order valence-electron chi connectivity index (χ4n) is 2.22. The fourth-order valence-corrected chi connectivity index (χ4v) is 3.91. The maximum atomic E-state index is 2.48. The lowest BCUT2D eigenvalue weighted by Crippen LogP contribution is -1.92. The van der Waals surface area contributed by atoms with Crippen molar-refractivity contribution in [3.8, 4) is 0 Å². The summed E-state index contributed by atoms with van der Waals surface area (Å²) in [7, 11) is 0. The predicted molar refractivity (Wildman–Crippen MR) is 97.4 cm³/mol. The van der Waals surface area contributed by atoms with Gasteiger partial charge in [0.1, 0.15) is 0 Å². The maximum Gasteiger partial charge on any atom is 0.0212 e. The second-order valence-electron chi connectivity index (χ2n) is 4.71. The molecule has 0 atom stereocenters. The molecule has 0 fully saturated rings. The summed E-state index contributed by atoms with van der Waals surface area (Å²) in [5.41, 5.74) is 2.92. The van der Waals surface area contributed by atoms with Crippen LogP contribution in [0.3, 0.4) is 0 Å². The number of benzene rings is 2. The summed E-state index contributed by atoms with van der Waals surface area (Å²) in [5, 5.41) is 2.84. The highest BCUT2D eigenvalue weighted by Gasteiger charge is 2.07. The van der Waals surface area contributed by atoms with E-state index in [9.17, 15) is 0 Å². The lowest BCUT2D eigenvalue weighted by molar-refractivity contribution is 0.795. The van der Waals surface area contributed by atoms with Crippen LogP contribution in [0.1, 0.15) is 37.8 Å². The molecule has 0 aliphatic rings. The van der Waals surface area contributed by atoms with E-state index in [1.165, 1.54) is 48.3 Å². The van der Waals surface area contributed by atoms with Crippen LogP contribution in [0.25, 0.3) is 10.8 Å². The van der Waals surface area contributed by atoms with E-state index in [2.05, 4.69) is 83.3 Å². The predicted octanol–water partition coefficient (Wildman–Crippen LogP) is 5.95. The molecule has 2 aromatic carbocycles. The van der Waals surface area contributed by atoms with Crippen LogP contribution >= 0.6 is 45.2 Å². The van der Waals surface area contributed by atoms with Crippen LogP contribution in [0.15, 0.2) is 24.3 Å². The Labute approximate surface area is 137 Å². The molecule has 0 spiro atoms. The van der Waals surface area contributed by atoms with E-state index >= 15 is 0 Å². The van der Waals surface area contributed by atoms with Crippen molar-refractivity contribution >= 4 is 56.0 Å². The topological polar surface area (TPSA) is 0 Å². The van der Waals surface area contributed by atoms with Crippen LogP contribution in [0, 0.1) is 7.14 Å². The normalized spacial score (nSPS) is 11.1. The highest BCUT2D eigenvalue weighted by molar-refractivity contribution is 14.1. The second-order valence-corrected chi connectivity index (χ2v) is 7.03. The van der Waals surface area contributed by atoms with E-state index < -0.39 is 0 Å². The molecule has 0 aliphatic carbocycles. The zero-order valence-corrected chi connectivity index (χ0v) is 15.2. The van der Waals surface area contributed by atoms with Gasteiger partial charge in [0.05, 0.1) is 0 Å². The Bertz CT molecular complexity index is 559. The molecule has 0 aliphatic heterocycles. The van der Waals surface area contributed by atoms with Gasteiger partial charge in [0.2, 0.25) is 0 Å². The average Bonchev–Trinajstić information content (AvgIpc) is 2.37. The molecular weight excluding hydrogens is 446 g/mol. The minimum absolute atomic E-state index is 1.11. The molecule has 96 valence electrons. The number of hydrogen-bond acceptors (Lipinski definition) is 0. The van der Waals surface area contributed by atoms with Gasteiger partial charge in [-0.15, -0.1) is 0 Å². The van der Waals surface area contributed by atoms with Gasteiger partial charge in [-0.2, -0.15) is 0 Å². The second kappa shape index (κ2) is 6.55. The summed E-state index contributed by atoms with van der Waals surface area (Å²) in [5.74, 6) is 0. The first-order valence-electron chi connectivity index (χ1n) is 6.56. The summed E-state index contributed by atoms with van der Waals surface area (Å²) in [4.78, 5) is 0. The Hall–Kier alpha value is 0.160. The van der Waals surface area contributed by atoms with E-state index in [1.807, 2.05) is 0 Å². The summed E-state index contributed by atoms with van der Waals surface area (Å²) >= 11 is 4.96. The Morgan fingerprint density at radius 1 is 0.833 bits per heavy atom. The Balaban J connectivity index is 2.55. The molecule has 0 heterocycles. The highest BCUT2D eigenvalue weighted by Crippen LogP contribution is 2.29. The van der Waals surface area contributed by atoms with E-state index in [0.717, 1.165) is 6.42 Å². The Kier molecular flexibility index (Phi) is 5.30. The van der Waals surface area contributed by atoms with Gasteiger partial charge in [0.25, 0.3) is 0 Å². The van der Waals surface area contributed by atoms with Gasteiger partial charge in [-0.05, 0) is 98.5 Å². The molecular formula is C16H18I2. The molecule has 0 bridgehead atoms. The van der Waals surface area contributed by atoms with Crippen molar-refractivity contribution < 1.29 is 0 Å². The van der Waals surface area contributed by atoms with E-state index in [4.69, 9.17) is 0 Å². The number of unbranched alkanes of at least 4 members (excludes halogenated alkanes) is 1. The number of hydrogen-bond donors (Lipinski definition) is 0. The summed E-state index contributed by atoms with van der Waals surface area (Å²) in [6.07, 6.45) is 4.86. The largest absolute Gasteiger partial charge is 0.0654 e. The molecule has 2 heteroatoms. The van der Waals surface area contributed by atoms with Crippen molar-refractivity contribution in [1.82, 2.24) is 0 Å². The van der Waals surface area contributed by atoms with Crippen LogP contribution in [0.2, 0.25) is 0 Å². The molecule has 0 nitrogen and oxygen atoms in total. The van der Waals surface area contributed by atoms with Crippen LogP contribution in [-0.4, -0.2) is 0 Å². The zero-order valence-electron chi connectivity index (χ0n) is 10.9. The monoisotopic (exact) mass is 464 g/mol. The molecule has 0 saturated heterocycles. The van der Waals surface area contributed by atoms with Gasteiger partial charge in [-0.1, -0.05) is 32.4 Å². The van der Waals surface area contributed by atoms with Crippen molar-refractivity contribution in [1.29, 1.82) is 0 Å². The minimum atomic E-state index is 1.11. The van der Waals surface area contributed by atoms with Crippen molar-refractivity contribution in [2.75, 3.05) is 0 Å². The van der Waals surface area contributed by atoms with E-state index in [0.29, 0.717) is 0 Å². The minimum Gasteiger partial charge on any atom is -0.0654 e. The number of fused-ring (bicyclic) bond motifs is 1. The first-order valence-corrected chi connectivity index (χ1v) is 8.72.